The molecule has 0 N–H and O–H groups in total. The van der Waals surface area contributed by atoms with Crippen molar-refractivity contribution in [3.05, 3.63) is 170 Å². The van der Waals surface area contributed by atoms with E-state index < -0.39 is 0 Å². The second-order valence-corrected chi connectivity index (χ2v) is 10.9. The van der Waals surface area contributed by atoms with Crippen LogP contribution in [0.2, 0.25) is 0 Å². The van der Waals surface area contributed by atoms with Gasteiger partial charge in [-0.1, -0.05) is 158 Å². The lowest BCUT2D eigenvalue weighted by molar-refractivity contribution is 1.60. The molecule has 0 fully saturated rings. The summed E-state index contributed by atoms with van der Waals surface area (Å²) >= 11 is 0. The molecule has 0 saturated carbocycles. The van der Waals surface area contributed by atoms with Crippen LogP contribution in [0.25, 0.3) is 76.8 Å². The van der Waals surface area contributed by atoms with Crippen LogP contribution >= 0.6 is 0 Å². The molecule has 0 bridgehead atoms. The van der Waals surface area contributed by atoms with Crippen LogP contribution < -0.4 is 0 Å². The van der Waals surface area contributed by atoms with Crippen LogP contribution in [0.4, 0.5) is 0 Å². The minimum absolute atomic E-state index is 1.22. The Bertz CT molecular complexity index is 2220. The molecule has 8 rings (SSSR count). The van der Waals surface area contributed by atoms with E-state index in [2.05, 4.69) is 170 Å². The molecule has 8 aromatic rings. The lowest BCUT2D eigenvalue weighted by Gasteiger charge is -2.20. The molecule has 0 heterocycles. The fraction of sp³-hybridized carbons (Fsp3) is 0. The van der Waals surface area contributed by atoms with Crippen LogP contribution in [0.1, 0.15) is 0 Å². The van der Waals surface area contributed by atoms with Gasteiger partial charge in [-0.15, -0.1) is 0 Å². The topological polar surface area (TPSA) is 0 Å². The molecule has 196 valence electrons. The molecule has 0 radical (unpaired) electrons. The Morgan fingerprint density at radius 1 is 0.238 bits per heavy atom. The van der Waals surface area contributed by atoms with Gasteiger partial charge >= 0.3 is 0 Å². The highest BCUT2D eigenvalue weighted by atomic mass is 14.2. The highest BCUT2D eigenvalue weighted by molar-refractivity contribution is 6.23. The second-order valence-electron chi connectivity index (χ2n) is 10.9. The molecule has 8 aromatic carbocycles. The van der Waals surface area contributed by atoms with Crippen molar-refractivity contribution in [2.45, 2.75) is 0 Å². The quantitative estimate of drug-likeness (QED) is 0.198. The molecule has 0 aliphatic carbocycles. The Balaban J connectivity index is 1.52. The summed E-state index contributed by atoms with van der Waals surface area (Å²) in [6.07, 6.45) is 0. The van der Waals surface area contributed by atoms with Gasteiger partial charge in [-0.2, -0.15) is 0 Å². The molecular formula is C42H28. The van der Waals surface area contributed by atoms with Crippen molar-refractivity contribution in [1.29, 1.82) is 0 Å². The molecule has 0 aliphatic heterocycles. The van der Waals surface area contributed by atoms with Crippen molar-refractivity contribution >= 4 is 32.3 Å². The first kappa shape index (κ1) is 24.3. The molecule has 0 heteroatoms. The van der Waals surface area contributed by atoms with Crippen molar-refractivity contribution in [2.75, 3.05) is 0 Å². The maximum absolute atomic E-state index is 2.40. The Hall–Kier alpha value is -5.46. The first-order valence-electron chi connectivity index (χ1n) is 14.5. The Morgan fingerprint density at radius 3 is 1.55 bits per heavy atom. The maximum atomic E-state index is 2.40. The van der Waals surface area contributed by atoms with E-state index in [1.54, 1.807) is 0 Å². The first-order valence-corrected chi connectivity index (χ1v) is 14.5. The number of hydrogen-bond donors (Lipinski definition) is 0. The van der Waals surface area contributed by atoms with E-state index in [0.717, 1.165) is 0 Å². The maximum Gasteiger partial charge on any atom is -0.00201 e. The second kappa shape index (κ2) is 10.2. The van der Waals surface area contributed by atoms with Gasteiger partial charge in [-0.25, -0.2) is 0 Å². The van der Waals surface area contributed by atoms with Gasteiger partial charge in [0.25, 0.3) is 0 Å². The summed E-state index contributed by atoms with van der Waals surface area (Å²) in [7, 11) is 0. The summed E-state index contributed by atoms with van der Waals surface area (Å²) in [5.41, 5.74) is 9.98. The van der Waals surface area contributed by atoms with Crippen molar-refractivity contribution in [1.82, 2.24) is 0 Å². The van der Waals surface area contributed by atoms with Crippen LogP contribution in [0, 0.1) is 0 Å². The molecule has 0 atom stereocenters. The van der Waals surface area contributed by atoms with Gasteiger partial charge in [0.2, 0.25) is 0 Å². The number of rotatable bonds is 4. The lowest BCUT2D eigenvalue weighted by Crippen LogP contribution is -1.93. The molecule has 0 saturated heterocycles. The zero-order valence-corrected chi connectivity index (χ0v) is 23.2. The van der Waals surface area contributed by atoms with Gasteiger partial charge in [0, 0.05) is 0 Å². The average molecular weight is 533 g/mol. The van der Waals surface area contributed by atoms with Crippen molar-refractivity contribution < 1.29 is 0 Å². The Kier molecular flexibility index (Phi) is 5.90. The molecule has 0 nitrogen and oxygen atoms in total. The monoisotopic (exact) mass is 532 g/mol. The minimum Gasteiger partial charge on any atom is -0.0622 e. The van der Waals surface area contributed by atoms with Crippen LogP contribution in [0.5, 0.6) is 0 Å². The van der Waals surface area contributed by atoms with Crippen LogP contribution in [0.15, 0.2) is 170 Å². The molecule has 0 amide bonds. The zero-order valence-electron chi connectivity index (χ0n) is 23.2. The fourth-order valence-electron chi connectivity index (χ4n) is 6.51. The summed E-state index contributed by atoms with van der Waals surface area (Å²) < 4.78 is 0. The van der Waals surface area contributed by atoms with E-state index in [-0.39, 0.29) is 0 Å². The smallest absolute Gasteiger partial charge is 0.00201 e. The van der Waals surface area contributed by atoms with Gasteiger partial charge < -0.3 is 0 Å². The molecule has 0 unspecified atom stereocenters. The molecule has 0 spiro atoms. The predicted octanol–water partition coefficient (Wildman–Crippen LogP) is 11.8. The summed E-state index contributed by atoms with van der Waals surface area (Å²) in [4.78, 5) is 0. The summed E-state index contributed by atoms with van der Waals surface area (Å²) in [5.74, 6) is 0. The molecule has 0 aromatic heterocycles. The van der Waals surface area contributed by atoms with E-state index in [0.29, 0.717) is 0 Å². The normalized spacial score (nSPS) is 11.3. The SMILES string of the molecule is c1ccc(-c2ccc3c(-c4ccccc4-c4ccccc4)c4ccccc4c(-c4ccc5ccccc5c4)c3c2)cc1. The standard InChI is InChI=1S/C42H28/c1-3-13-29(14-4-1)33-25-26-39-40(28-33)41(34-24-23-30-15-7-8-18-32(30)27-34)37-21-11-12-22-38(37)42(39)36-20-10-9-19-35(36)31-16-5-2-6-17-31/h1-28H. The third-order valence-electron chi connectivity index (χ3n) is 8.45. The highest BCUT2D eigenvalue weighted by Gasteiger charge is 2.19. The minimum atomic E-state index is 1.22. The zero-order chi connectivity index (χ0) is 27.9. The fourth-order valence-corrected chi connectivity index (χ4v) is 6.51. The number of fused-ring (bicyclic) bond motifs is 3. The van der Waals surface area contributed by atoms with Crippen LogP contribution in [0.3, 0.4) is 0 Å². The van der Waals surface area contributed by atoms with Crippen molar-refractivity contribution in [3.63, 3.8) is 0 Å². The van der Waals surface area contributed by atoms with Crippen LogP contribution in [-0.4, -0.2) is 0 Å². The van der Waals surface area contributed by atoms with Crippen molar-refractivity contribution in [3.8, 4) is 44.5 Å². The molecular weight excluding hydrogens is 504 g/mol. The molecule has 42 heavy (non-hydrogen) atoms. The van der Waals surface area contributed by atoms with E-state index in [1.165, 1.54) is 76.8 Å². The average Bonchev–Trinajstić information content (AvgIpc) is 3.07. The Labute approximate surface area is 246 Å². The molecule has 0 aliphatic rings. The van der Waals surface area contributed by atoms with E-state index in [9.17, 15) is 0 Å². The lowest BCUT2D eigenvalue weighted by atomic mass is 9.83. The summed E-state index contributed by atoms with van der Waals surface area (Å²) in [6.45, 7) is 0. The van der Waals surface area contributed by atoms with E-state index in [1.807, 2.05) is 0 Å². The number of hydrogen-bond acceptors (Lipinski definition) is 0. The van der Waals surface area contributed by atoms with Gasteiger partial charge in [-0.3, -0.25) is 0 Å². The van der Waals surface area contributed by atoms with Gasteiger partial charge in [0.15, 0.2) is 0 Å². The number of benzene rings is 8. The van der Waals surface area contributed by atoms with Gasteiger partial charge in [-0.05, 0) is 89.0 Å². The van der Waals surface area contributed by atoms with E-state index >= 15 is 0 Å². The van der Waals surface area contributed by atoms with Crippen molar-refractivity contribution in [2.24, 2.45) is 0 Å². The third-order valence-corrected chi connectivity index (χ3v) is 8.45. The summed E-state index contributed by atoms with van der Waals surface area (Å²) in [6, 6.07) is 61.8. The largest absolute Gasteiger partial charge is 0.0622 e. The van der Waals surface area contributed by atoms with Gasteiger partial charge in [0.1, 0.15) is 0 Å². The predicted molar refractivity (Wildman–Crippen MR) is 181 cm³/mol. The first-order chi connectivity index (χ1) is 20.8. The van der Waals surface area contributed by atoms with Crippen LogP contribution in [-0.2, 0) is 0 Å². The highest BCUT2D eigenvalue weighted by Crippen LogP contribution is 2.47. The Morgan fingerprint density at radius 2 is 0.786 bits per heavy atom. The van der Waals surface area contributed by atoms with E-state index in [4.69, 9.17) is 0 Å². The third kappa shape index (κ3) is 4.08. The summed E-state index contributed by atoms with van der Waals surface area (Å²) in [5, 5.41) is 7.58. The van der Waals surface area contributed by atoms with Gasteiger partial charge in [0.05, 0.1) is 0 Å².